The van der Waals surface area contributed by atoms with Crippen LogP contribution < -0.4 is 25.0 Å². The first-order chi connectivity index (χ1) is 24.1. The molecule has 1 amide bonds. The SMILES string of the molecule is CC(NP(=O)(OCC1O[C@@H]([n+]2cccc(C(N)=O)c2)[C@H](O)[C@@H]1O)Oc1cccc2ccccc12)C(=O)OCc1ccccc1.O=C([O-])C(F)(F)F. The molecule has 1 fully saturated rings. The topological polar surface area (TPSA) is 211 Å². The maximum atomic E-state index is 14.2. The summed E-state index contributed by atoms with van der Waals surface area (Å²) >= 11 is 0. The number of carbonyl (C=O) groups is 3. The number of alkyl halides is 3. The van der Waals surface area contributed by atoms with Gasteiger partial charge in [-0.1, -0.05) is 66.7 Å². The lowest BCUT2D eigenvalue weighted by Crippen LogP contribution is -2.46. The number of primary amides is 1. The fraction of sp³-hybridized carbons (Fsp3) is 0.273. The van der Waals surface area contributed by atoms with Crippen LogP contribution >= 0.6 is 7.75 Å². The highest BCUT2D eigenvalue weighted by atomic mass is 31.2. The molecule has 18 heteroatoms. The van der Waals surface area contributed by atoms with Gasteiger partial charge in [0.1, 0.15) is 42.1 Å². The number of nitrogens with one attached hydrogen (secondary N) is 1. The highest BCUT2D eigenvalue weighted by molar-refractivity contribution is 7.52. The number of aliphatic hydroxyl groups excluding tert-OH is 2. The molecule has 0 bridgehead atoms. The van der Waals surface area contributed by atoms with Crippen LogP contribution in [0.4, 0.5) is 13.2 Å². The second-order valence-electron chi connectivity index (χ2n) is 11.0. The molecule has 5 N–H and O–H groups in total. The van der Waals surface area contributed by atoms with Crippen LogP contribution in [-0.2, 0) is 34.8 Å². The minimum absolute atomic E-state index is 0.0109. The fourth-order valence-corrected chi connectivity index (χ4v) is 6.24. The third kappa shape index (κ3) is 10.6. The highest BCUT2D eigenvalue weighted by Crippen LogP contribution is 2.47. The third-order valence-corrected chi connectivity index (χ3v) is 8.90. The molecule has 272 valence electrons. The first-order valence-electron chi connectivity index (χ1n) is 15.1. The average Bonchev–Trinajstić information content (AvgIpc) is 3.39. The lowest BCUT2D eigenvalue weighted by molar-refractivity contribution is -0.765. The molecule has 6 atom stereocenters. The Labute approximate surface area is 288 Å². The van der Waals surface area contributed by atoms with E-state index in [1.165, 1.54) is 30.0 Å². The Bertz CT molecular complexity index is 1880. The predicted molar refractivity (Wildman–Crippen MR) is 169 cm³/mol. The van der Waals surface area contributed by atoms with Crippen LogP contribution in [0.1, 0.15) is 29.1 Å². The quantitative estimate of drug-likeness (QED) is 0.0937. The number of rotatable bonds is 12. The van der Waals surface area contributed by atoms with E-state index < -0.39 is 69.0 Å². The van der Waals surface area contributed by atoms with Crippen LogP contribution in [-0.4, -0.2) is 65.2 Å². The molecule has 1 aliphatic heterocycles. The smallest absolute Gasteiger partial charge is 0.459 e. The number of ether oxygens (including phenoxy) is 2. The van der Waals surface area contributed by atoms with Gasteiger partial charge in [0.15, 0.2) is 18.5 Å². The minimum atomic E-state index is -5.19. The summed E-state index contributed by atoms with van der Waals surface area (Å²) in [5.74, 6) is -4.15. The van der Waals surface area contributed by atoms with Gasteiger partial charge in [0, 0.05) is 11.5 Å². The van der Waals surface area contributed by atoms with E-state index in [1.54, 1.807) is 42.5 Å². The van der Waals surface area contributed by atoms with Crippen LogP contribution in [0.5, 0.6) is 5.75 Å². The number of halogens is 3. The van der Waals surface area contributed by atoms with Crippen molar-refractivity contribution in [1.29, 1.82) is 0 Å². The average molecular weight is 736 g/mol. The zero-order chi connectivity index (χ0) is 37.3. The van der Waals surface area contributed by atoms with Gasteiger partial charge in [-0.05, 0) is 30.0 Å². The van der Waals surface area contributed by atoms with Crippen LogP contribution in [0.25, 0.3) is 10.8 Å². The molecule has 3 aromatic carbocycles. The van der Waals surface area contributed by atoms with Crippen molar-refractivity contribution in [2.45, 2.75) is 50.3 Å². The number of carboxylic acids is 1. The molecule has 1 aromatic heterocycles. The van der Waals surface area contributed by atoms with E-state index in [1.807, 2.05) is 36.4 Å². The molecule has 3 unspecified atom stereocenters. The van der Waals surface area contributed by atoms with Gasteiger partial charge in [-0.15, -0.1) is 0 Å². The number of hydrogen-bond acceptors (Lipinski definition) is 11. The monoisotopic (exact) mass is 735 g/mol. The second-order valence-corrected chi connectivity index (χ2v) is 12.7. The Balaban J connectivity index is 0.000000755. The molecule has 51 heavy (non-hydrogen) atoms. The molecule has 0 spiro atoms. The Morgan fingerprint density at radius 2 is 1.65 bits per heavy atom. The summed E-state index contributed by atoms with van der Waals surface area (Å²) in [6.07, 6.45) is -7.42. The largest absolute Gasteiger partial charge is 0.542 e. The van der Waals surface area contributed by atoms with Crippen molar-refractivity contribution in [1.82, 2.24) is 5.09 Å². The van der Waals surface area contributed by atoms with Gasteiger partial charge in [-0.2, -0.15) is 22.8 Å². The van der Waals surface area contributed by atoms with Gasteiger partial charge >= 0.3 is 19.9 Å². The van der Waals surface area contributed by atoms with Gasteiger partial charge in [0.25, 0.3) is 12.1 Å². The van der Waals surface area contributed by atoms with Crippen molar-refractivity contribution >= 4 is 36.4 Å². The summed E-state index contributed by atoms with van der Waals surface area (Å²) in [5.41, 5.74) is 6.31. The normalized spacial score (nSPS) is 20.4. The molecule has 5 rings (SSSR count). The van der Waals surface area contributed by atoms with Gasteiger partial charge < -0.3 is 39.8 Å². The van der Waals surface area contributed by atoms with Crippen molar-refractivity contribution in [3.63, 3.8) is 0 Å². The molecular weight excluding hydrogens is 702 g/mol. The van der Waals surface area contributed by atoms with Crippen molar-refractivity contribution in [3.05, 3.63) is 108 Å². The number of amides is 1. The molecular formula is C33H33F3N3O11P. The van der Waals surface area contributed by atoms with E-state index in [4.69, 9.17) is 34.2 Å². The second kappa shape index (κ2) is 16.9. The Morgan fingerprint density at radius 1 is 1.00 bits per heavy atom. The standard InChI is InChI=1S/C31H32N3O9P.C2HF3O2/c1-20(31(38)40-18-21-9-3-2-4-10-21)33-44(39,43-25-15-7-12-22-11-5-6-14-24(22)25)41-19-26-27(35)28(36)30(42-26)34-16-8-13-23(17-34)29(32)37;3-2(4,5)1(6)7/h2-17,20,26-28,30,35-36H,18-19H2,1H3,(H2-,32,33,37,39);(H,6,7)/t20?,26?,27-,28-,30-,44?;/m1./s1. The maximum Gasteiger partial charge on any atom is 0.459 e. The van der Waals surface area contributed by atoms with Crippen molar-refractivity contribution in [2.75, 3.05) is 6.61 Å². The summed E-state index contributed by atoms with van der Waals surface area (Å²) in [7, 11) is -4.35. The minimum Gasteiger partial charge on any atom is -0.542 e. The number of aliphatic carboxylic acids is 1. The van der Waals surface area contributed by atoms with E-state index in [2.05, 4.69) is 5.09 Å². The number of carbonyl (C=O) groups excluding carboxylic acids is 3. The van der Waals surface area contributed by atoms with E-state index in [9.17, 15) is 37.5 Å². The molecule has 0 saturated carbocycles. The maximum absolute atomic E-state index is 14.2. The molecule has 1 saturated heterocycles. The van der Waals surface area contributed by atoms with Crippen LogP contribution in [0.3, 0.4) is 0 Å². The number of nitrogens with two attached hydrogens (primary N) is 1. The molecule has 0 aliphatic carbocycles. The van der Waals surface area contributed by atoms with Gasteiger partial charge in [-0.25, -0.2) is 4.57 Å². The van der Waals surface area contributed by atoms with E-state index in [0.717, 1.165) is 10.9 Å². The Morgan fingerprint density at radius 3 is 2.31 bits per heavy atom. The number of esters is 1. The molecule has 2 heterocycles. The number of carboxylic acid groups (broad SMARTS) is 1. The van der Waals surface area contributed by atoms with Crippen molar-refractivity contribution < 1.29 is 70.5 Å². The first-order valence-corrected chi connectivity index (χ1v) is 16.6. The first kappa shape index (κ1) is 38.9. The van der Waals surface area contributed by atoms with Crippen LogP contribution in [0.2, 0.25) is 0 Å². The number of fused-ring (bicyclic) bond motifs is 1. The lowest BCUT2D eigenvalue weighted by Gasteiger charge is -2.25. The number of pyridine rings is 1. The lowest BCUT2D eigenvalue weighted by atomic mass is 10.1. The zero-order valence-corrected chi connectivity index (χ0v) is 27.6. The number of nitrogens with zero attached hydrogens (tertiary/aromatic N) is 1. The molecule has 1 aliphatic rings. The van der Waals surface area contributed by atoms with Gasteiger partial charge in [0.05, 0.1) is 6.61 Å². The van der Waals surface area contributed by atoms with E-state index >= 15 is 0 Å². The number of aromatic nitrogens is 1. The van der Waals surface area contributed by atoms with Crippen molar-refractivity contribution in [2.24, 2.45) is 5.73 Å². The van der Waals surface area contributed by atoms with Crippen LogP contribution in [0.15, 0.2) is 97.3 Å². The molecule has 14 nitrogen and oxygen atoms in total. The summed E-state index contributed by atoms with van der Waals surface area (Å²) in [4.78, 5) is 33.2. The van der Waals surface area contributed by atoms with Gasteiger partial charge in [0.2, 0.25) is 0 Å². The molecule has 4 aromatic rings. The highest BCUT2D eigenvalue weighted by Gasteiger charge is 2.49. The summed E-state index contributed by atoms with van der Waals surface area (Å²) in [6.45, 7) is 0.974. The van der Waals surface area contributed by atoms with Crippen LogP contribution in [0, 0.1) is 0 Å². The number of benzene rings is 3. The summed E-state index contributed by atoms with van der Waals surface area (Å²) in [5, 5.41) is 34.4. The molecule has 0 radical (unpaired) electrons. The Hall–Kier alpha value is -4.90. The zero-order valence-electron chi connectivity index (χ0n) is 26.7. The van der Waals surface area contributed by atoms with E-state index in [0.29, 0.717) is 5.39 Å². The third-order valence-electron chi connectivity index (χ3n) is 7.28. The summed E-state index contributed by atoms with van der Waals surface area (Å²) < 4.78 is 70.1. The fourth-order valence-electron chi connectivity index (χ4n) is 4.72. The van der Waals surface area contributed by atoms with Crippen molar-refractivity contribution in [3.8, 4) is 5.75 Å². The van der Waals surface area contributed by atoms with E-state index in [-0.39, 0.29) is 17.9 Å². The van der Waals surface area contributed by atoms with Gasteiger partial charge in [-0.3, -0.25) is 14.1 Å². The Kier molecular flexibility index (Phi) is 12.9. The predicted octanol–water partition coefficient (Wildman–Crippen LogP) is 2.07. The summed E-state index contributed by atoms with van der Waals surface area (Å²) in [6, 6.07) is 23.5. The number of hydrogen-bond donors (Lipinski definition) is 4. The number of aliphatic hydroxyl groups is 2.